The maximum absolute atomic E-state index is 11.8. The van der Waals surface area contributed by atoms with Gasteiger partial charge in [-0.3, -0.25) is 14.9 Å². The molecule has 0 fully saturated rings. The summed E-state index contributed by atoms with van der Waals surface area (Å²) < 4.78 is 5.21. The third kappa shape index (κ3) is 3.47. The molecule has 0 aliphatic carbocycles. The van der Waals surface area contributed by atoms with Crippen LogP contribution in [-0.2, 0) is 0 Å². The summed E-state index contributed by atoms with van der Waals surface area (Å²) in [5.74, 6) is -0.792. The van der Waals surface area contributed by atoms with E-state index in [1.807, 2.05) is 0 Å². The molecular weight excluding hydrogens is 278 g/mol. The minimum Gasteiger partial charge on any atom is -0.504 e. The molecule has 7 nitrogen and oxygen atoms in total. The molecule has 7 heteroatoms. The number of carbonyl (C=O) groups excluding carboxylic acids is 1. The molecule has 0 aliphatic heterocycles. The fourth-order valence-corrected chi connectivity index (χ4v) is 1.59. The van der Waals surface area contributed by atoms with E-state index < -0.39 is 16.5 Å². The quantitative estimate of drug-likeness (QED) is 0.378. The molecule has 2 aromatic rings. The van der Waals surface area contributed by atoms with E-state index in [-0.39, 0.29) is 23.6 Å². The molecule has 0 heterocycles. The average molecular weight is 289 g/mol. The van der Waals surface area contributed by atoms with Crippen molar-refractivity contribution in [3.63, 3.8) is 0 Å². The van der Waals surface area contributed by atoms with Crippen molar-refractivity contribution in [3.8, 4) is 17.2 Å². The number of benzene rings is 2. The number of rotatable bonds is 5. The molecule has 21 heavy (non-hydrogen) atoms. The molecule has 0 saturated carbocycles. The molecule has 2 rings (SSSR count). The lowest BCUT2D eigenvalue weighted by molar-refractivity contribution is -0.384. The number of hydrogen-bond donors (Lipinski definition) is 2. The van der Waals surface area contributed by atoms with Gasteiger partial charge < -0.3 is 14.9 Å². The monoisotopic (exact) mass is 289 g/mol. The molecule has 108 valence electrons. The number of Topliss-reactive ketones (excluding diaryl/α,β-unsaturated/α-hetero) is 1. The fourth-order valence-electron chi connectivity index (χ4n) is 1.59. The maximum Gasteiger partial charge on any atom is 0.269 e. The Hall–Kier alpha value is -3.09. The molecule has 0 saturated heterocycles. The van der Waals surface area contributed by atoms with Crippen LogP contribution in [0.3, 0.4) is 0 Å². The summed E-state index contributed by atoms with van der Waals surface area (Å²) in [6, 6.07) is 9.01. The minimum absolute atomic E-state index is 0.0721. The Balaban J connectivity index is 2.00. The summed E-state index contributed by atoms with van der Waals surface area (Å²) in [5.41, 5.74) is 0.115. The van der Waals surface area contributed by atoms with E-state index in [9.17, 15) is 20.0 Å². The number of phenols is 2. The van der Waals surface area contributed by atoms with Gasteiger partial charge in [-0.1, -0.05) is 0 Å². The van der Waals surface area contributed by atoms with Crippen LogP contribution in [0.4, 0.5) is 5.69 Å². The number of phenolic OH excluding ortho intramolecular Hbond substituents is 2. The number of aromatic hydroxyl groups is 2. The van der Waals surface area contributed by atoms with E-state index >= 15 is 0 Å². The van der Waals surface area contributed by atoms with Crippen molar-refractivity contribution in [1.29, 1.82) is 0 Å². The summed E-state index contributed by atoms with van der Waals surface area (Å²) in [6.07, 6.45) is 0. The van der Waals surface area contributed by atoms with Crippen molar-refractivity contribution < 1.29 is 24.7 Å². The second-order valence-electron chi connectivity index (χ2n) is 4.17. The molecule has 0 spiro atoms. The zero-order chi connectivity index (χ0) is 15.4. The first-order chi connectivity index (χ1) is 9.97. The van der Waals surface area contributed by atoms with E-state index in [1.165, 1.54) is 36.4 Å². The number of nitro benzene ring substituents is 1. The standard InChI is InChI=1S/C14H11NO6/c16-12-6-1-9(7-13(12)17)14(18)8-21-11-4-2-10(3-5-11)15(19)20/h1-7,16-17H,8H2. The number of hydrogen-bond acceptors (Lipinski definition) is 6. The Bertz CT molecular complexity index is 680. The van der Waals surface area contributed by atoms with Crippen LogP contribution in [0.1, 0.15) is 10.4 Å². The highest BCUT2D eigenvalue weighted by molar-refractivity contribution is 5.97. The molecule has 0 aliphatic rings. The number of ether oxygens (including phenoxy) is 1. The first kappa shape index (κ1) is 14.3. The van der Waals surface area contributed by atoms with Crippen molar-refractivity contribution in [2.24, 2.45) is 0 Å². The summed E-state index contributed by atoms with van der Waals surface area (Å²) in [4.78, 5) is 21.8. The zero-order valence-electron chi connectivity index (χ0n) is 10.7. The first-order valence-electron chi connectivity index (χ1n) is 5.90. The lowest BCUT2D eigenvalue weighted by atomic mass is 10.1. The lowest BCUT2D eigenvalue weighted by Crippen LogP contribution is -2.11. The van der Waals surface area contributed by atoms with Gasteiger partial charge in [-0.05, 0) is 30.3 Å². The van der Waals surface area contributed by atoms with Gasteiger partial charge >= 0.3 is 0 Å². The zero-order valence-corrected chi connectivity index (χ0v) is 10.7. The smallest absolute Gasteiger partial charge is 0.269 e. The van der Waals surface area contributed by atoms with Gasteiger partial charge in [0.25, 0.3) is 5.69 Å². The van der Waals surface area contributed by atoms with Gasteiger partial charge in [0.1, 0.15) is 5.75 Å². The number of carbonyl (C=O) groups is 1. The van der Waals surface area contributed by atoms with Crippen LogP contribution in [0.5, 0.6) is 17.2 Å². The molecule has 0 atom stereocenters. The van der Waals surface area contributed by atoms with Gasteiger partial charge in [-0.25, -0.2) is 0 Å². The Labute approximate surface area is 119 Å². The molecular formula is C14H11NO6. The van der Waals surface area contributed by atoms with Gasteiger partial charge in [-0.2, -0.15) is 0 Å². The number of nitrogens with zero attached hydrogens (tertiary/aromatic N) is 1. The second-order valence-corrected chi connectivity index (χ2v) is 4.17. The van der Waals surface area contributed by atoms with Crippen LogP contribution in [0.2, 0.25) is 0 Å². The summed E-state index contributed by atoms with van der Waals surface area (Å²) in [5, 5.41) is 29.0. The maximum atomic E-state index is 11.8. The Morgan fingerprint density at radius 3 is 2.33 bits per heavy atom. The van der Waals surface area contributed by atoms with Crippen molar-refractivity contribution in [1.82, 2.24) is 0 Å². The molecule has 0 aromatic heterocycles. The van der Waals surface area contributed by atoms with Crippen LogP contribution in [0.25, 0.3) is 0 Å². The first-order valence-corrected chi connectivity index (χ1v) is 5.90. The van der Waals surface area contributed by atoms with Crippen LogP contribution in [-0.4, -0.2) is 27.5 Å². The molecule has 0 bridgehead atoms. The average Bonchev–Trinajstić information content (AvgIpc) is 2.48. The normalized spacial score (nSPS) is 10.1. The third-order valence-electron chi connectivity index (χ3n) is 2.71. The number of ketones is 1. The van der Waals surface area contributed by atoms with E-state index in [2.05, 4.69) is 0 Å². The van der Waals surface area contributed by atoms with Crippen molar-refractivity contribution >= 4 is 11.5 Å². The molecule has 2 N–H and O–H groups in total. The highest BCUT2D eigenvalue weighted by Gasteiger charge is 2.10. The SMILES string of the molecule is O=C(COc1ccc([N+](=O)[O-])cc1)c1ccc(O)c(O)c1. The van der Waals surface area contributed by atoms with Crippen LogP contribution >= 0.6 is 0 Å². The highest BCUT2D eigenvalue weighted by atomic mass is 16.6. The van der Waals surface area contributed by atoms with Gasteiger partial charge in [0.2, 0.25) is 0 Å². The summed E-state index contributed by atoms with van der Waals surface area (Å²) >= 11 is 0. The topological polar surface area (TPSA) is 110 Å². The van der Waals surface area contributed by atoms with E-state index in [0.29, 0.717) is 5.75 Å². The molecule has 0 unspecified atom stereocenters. The number of nitro groups is 1. The Morgan fingerprint density at radius 1 is 1.10 bits per heavy atom. The van der Waals surface area contributed by atoms with Crippen LogP contribution in [0, 0.1) is 10.1 Å². The Morgan fingerprint density at radius 2 is 1.76 bits per heavy atom. The van der Waals surface area contributed by atoms with E-state index in [0.717, 1.165) is 6.07 Å². The van der Waals surface area contributed by atoms with Crippen molar-refractivity contribution in [2.45, 2.75) is 0 Å². The lowest BCUT2D eigenvalue weighted by Gasteiger charge is -2.06. The van der Waals surface area contributed by atoms with Crippen LogP contribution < -0.4 is 4.74 Å². The number of non-ortho nitro benzene ring substituents is 1. The highest BCUT2D eigenvalue weighted by Crippen LogP contribution is 2.25. The van der Waals surface area contributed by atoms with Gasteiger partial charge in [0, 0.05) is 17.7 Å². The predicted molar refractivity (Wildman–Crippen MR) is 72.7 cm³/mol. The van der Waals surface area contributed by atoms with Gasteiger partial charge in [0.15, 0.2) is 23.9 Å². The van der Waals surface area contributed by atoms with Crippen LogP contribution in [0.15, 0.2) is 42.5 Å². The molecule has 0 amide bonds. The van der Waals surface area contributed by atoms with E-state index in [4.69, 9.17) is 9.84 Å². The van der Waals surface area contributed by atoms with Crippen molar-refractivity contribution in [3.05, 3.63) is 58.1 Å². The second kappa shape index (κ2) is 5.91. The summed E-state index contributed by atoms with van der Waals surface area (Å²) in [7, 11) is 0. The fraction of sp³-hybridized carbons (Fsp3) is 0.0714. The molecule has 2 aromatic carbocycles. The van der Waals surface area contributed by atoms with E-state index in [1.54, 1.807) is 0 Å². The predicted octanol–water partition coefficient (Wildman–Crippen LogP) is 2.27. The van der Waals surface area contributed by atoms with Gasteiger partial charge in [-0.15, -0.1) is 0 Å². The Kier molecular flexibility index (Phi) is 4.03. The minimum atomic E-state index is -0.534. The van der Waals surface area contributed by atoms with Crippen molar-refractivity contribution in [2.75, 3.05) is 6.61 Å². The summed E-state index contributed by atoms with van der Waals surface area (Å²) in [6.45, 7) is -0.290. The largest absolute Gasteiger partial charge is 0.504 e. The van der Waals surface area contributed by atoms with Gasteiger partial charge in [0.05, 0.1) is 4.92 Å². The third-order valence-corrected chi connectivity index (χ3v) is 2.71. The molecule has 0 radical (unpaired) electrons.